The predicted octanol–water partition coefficient (Wildman–Crippen LogP) is 5.12. The molecule has 0 aliphatic carbocycles. The monoisotopic (exact) mass is 527 g/mol. The van der Waals surface area contributed by atoms with Gasteiger partial charge in [0.05, 0.1) is 24.0 Å². The van der Waals surface area contributed by atoms with Crippen molar-refractivity contribution in [2.45, 2.75) is 85.3 Å². The van der Waals surface area contributed by atoms with Crippen LogP contribution in [-0.2, 0) is 14.3 Å². The van der Waals surface area contributed by atoms with Gasteiger partial charge in [-0.05, 0) is 25.0 Å². The zero-order valence-electron chi connectivity index (χ0n) is 22.0. The van der Waals surface area contributed by atoms with Crippen LogP contribution in [0.1, 0.15) is 65.5 Å². The maximum Gasteiger partial charge on any atom is 0.412 e. The number of halogens is 3. The molecule has 0 amide bonds. The Balaban J connectivity index is 2.50. The van der Waals surface area contributed by atoms with E-state index >= 15 is 0 Å². The minimum absolute atomic E-state index is 0.277. The van der Waals surface area contributed by atoms with Gasteiger partial charge in [0.1, 0.15) is 23.8 Å². The van der Waals surface area contributed by atoms with Gasteiger partial charge in [-0.1, -0.05) is 45.9 Å². The standard InChI is InChI=1S/C27H36F3NO6/c1-15-8-7-9-19(27(28,29)30)10-11-21(16(2)12-20-14-36-18(4)31-20)37-23(33)13-22(32)26(5,6)25(35)17(3)24(15)34/h7-8,10,12,14-15,17,21-22,24,32,34H,9,11,13H2,1-6H3/t15-,17+,21-,22-,24-/m0/s1. The average molecular weight is 528 g/mol. The van der Waals surface area contributed by atoms with Gasteiger partial charge in [-0.2, -0.15) is 13.2 Å². The average Bonchev–Trinajstić information content (AvgIpc) is 3.21. The Kier molecular flexibility index (Phi) is 10.1. The van der Waals surface area contributed by atoms with E-state index in [1.54, 1.807) is 26.8 Å². The van der Waals surface area contributed by atoms with Crippen LogP contribution in [0.2, 0.25) is 0 Å². The smallest absolute Gasteiger partial charge is 0.412 e. The van der Waals surface area contributed by atoms with Crippen LogP contribution in [-0.4, -0.2) is 51.4 Å². The van der Waals surface area contributed by atoms with Crippen molar-refractivity contribution < 1.29 is 42.1 Å². The molecule has 2 rings (SSSR count). The molecule has 2 heterocycles. The summed E-state index contributed by atoms with van der Waals surface area (Å²) in [6, 6.07) is 0. The second-order valence-corrected chi connectivity index (χ2v) is 10.2. The van der Waals surface area contributed by atoms with E-state index in [4.69, 9.17) is 9.15 Å². The Bertz CT molecular complexity index is 1050. The number of alkyl halides is 3. The number of ether oxygens (including phenoxy) is 1. The summed E-state index contributed by atoms with van der Waals surface area (Å²) in [6.45, 7) is 9.28. The first-order valence-electron chi connectivity index (χ1n) is 12.2. The predicted molar refractivity (Wildman–Crippen MR) is 131 cm³/mol. The molecule has 1 aliphatic heterocycles. The fourth-order valence-corrected chi connectivity index (χ4v) is 4.17. The third kappa shape index (κ3) is 8.13. The summed E-state index contributed by atoms with van der Waals surface area (Å²) in [5.74, 6) is -2.52. The topological polar surface area (TPSA) is 110 Å². The van der Waals surface area contributed by atoms with E-state index in [1.165, 1.54) is 39.2 Å². The van der Waals surface area contributed by atoms with Crippen molar-refractivity contribution >= 4 is 17.8 Å². The van der Waals surface area contributed by atoms with Gasteiger partial charge in [0.25, 0.3) is 0 Å². The number of nitrogens with zero attached hydrogens (tertiary/aromatic N) is 1. The molecule has 0 spiro atoms. The summed E-state index contributed by atoms with van der Waals surface area (Å²) in [4.78, 5) is 30.0. The van der Waals surface area contributed by atoms with Crippen LogP contribution in [0.4, 0.5) is 13.2 Å². The Morgan fingerprint density at radius 1 is 1.22 bits per heavy atom. The van der Waals surface area contributed by atoms with Crippen molar-refractivity contribution in [1.29, 1.82) is 0 Å². The van der Waals surface area contributed by atoms with E-state index in [2.05, 4.69) is 4.98 Å². The van der Waals surface area contributed by atoms with Gasteiger partial charge >= 0.3 is 12.1 Å². The highest BCUT2D eigenvalue weighted by Gasteiger charge is 2.42. The summed E-state index contributed by atoms with van der Waals surface area (Å²) in [5.41, 5.74) is -1.39. The van der Waals surface area contributed by atoms with Gasteiger partial charge in [0.15, 0.2) is 5.89 Å². The number of aryl methyl sites for hydroxylation is 1. The van der Waals surface area contributed by atoms with Crippen LogP contribution in [0.5, 0.6) is 0 Å². The number of cyclic esters (lactones) is 1. The highest BCUT2D eigenvalue weighted by Crippen LogP contribution is 2.33. The maximum atomic E-state index is 13.7. The number of carbonyl (C=O) groups excluding carboxylic acids is 2. The molecule has 10 heteroatoms. The highest BCUT2D eigenvalue weighted by atomic mass is 19.4. The molecule has 0 fully saturated rings. The van der Waals surface area contributed by atoms with Gasteiger partial charge in [0.2, 0.25) is 0 Å². The summed E-state index contributed by atoms with van der Waals surface area (Å²) < 4.78 is 51.9. The van der Waals surface area contributed by atoms with Crippen LogP contribution >= 0.6 is 0 Å². The zero-order valence-corrected chi connectivity index (χ0v) is 22.0. The van der Waals surface area contributed by atoms with Crippen LogP contribution in [0.15, 0.2) is 40.1 Å². The largest absolute Gasteiger partial charge is 0.457 e. The second kappa shape index (κ2) is 12.2. The quantitative estimate of drug-likeness (QED) is 0.406. The molecule has 0 saturated carbocycles. The number of oxazole rings is 1. The number of ketones is 1. The first-order valence-corrected chi connectivity index (χ1v) is 12.2. The Morgan fingerprint density at radius 3 is 2.43 bits per heavy atom. The molecule has 0 radical (unpaired) electrons. The molecule has 0 aromatic carbocycles. The molecule has 0 saturated heterocycles. The first-order chi connectivity index (χ1) is 17.0. The van der Waals surface area contributed by atoms with Gasteiger partial charge < -0.3 is 19.4 Å². The van der Waals surface area contributed by atoms with E-state index in [0.29, 0.717) is 17.2 Å². The van der Waals surface area contributed by atoms with Crippen LogP contribution in [0, 0.1) is 24.2 Å². The molecule has 206 valence electrons. The van der Waals surface area contributed by atoms with E-state index in [0.717, 1.165) is 6.08 Å². The molecule has 0 unspecified atom stereocenters. The highest BCUT2D eigenvalue weighted by molar-refractivity contribution is 5.88. The Labute approximate surface area is 215 Å². The number of aliphatic hydroxyl groups is 2. The molecule has 2 N–H and O–H groups in total. The minimum Gasteiger partial charge on any atom is -0.457 e. The number of Topliss-reactive ketones (excluding diaryl/α,β-unsaturated/α-hetero) is 1. The second-order valence-electron chi connectivity index (χ2n) is 10.2. The molecular weight excluding hydrogens is 491 g/mol. The molecule has 1 aromatic rings. The Hall–Kier alpha value is -2.72. The van der Waals surface area contributed by atoms with Crippen LogP contribution < -0.4 is 0 Å². The van der Waals surface area contributed by atoms with Crippen molar-refractivity contribution in [3.63, 3.8) is 0 Å². The molecule has 7 nitrogen and oxygen atoms in total. The first kappa shape index (κ1) is 30.5. The fourth-order valence-electron chi connectivity index (χ4n) is 4.17. The molecule has 1 aliphatic rings. The lowest BCUT2D eigenvalue weighted by atomic mass is 9.73. The Morgan fingerprint density at radius 2 is 1.86 bits per heavy atom. The van der Waals surface area contributed by atoms with Crippen molar-refractivity contribution in [3.05, 3.63) is 47.2 Å². The lowest BCUT2D eigenvalue weighted by Gasteiger charge is -2.34. The van der Waals surface area contributed by atoms with Crippen molar-refractivity contribution in [1.82, 2.24) is 4.98 Å². The van der Waals surface area contributed by atoms with E-state index < -0.39 is 71.9 Å². The third-order valence-corrected chi connectivity index (χ3v) is 6.81. The number of hydrogen-bond donors (Lipinski definition) is 2. The van der Waals surface area contributed by atoms with E-state index in [-0.39, 0.29) is 6.42 Å². The van der Waals surface area contributed by atoms with Gasteiger partial charge in [-0.25, -0.2) is 4.98 Å². The number of allylic oxidation sites excluding steroid dienone is 2. The summed E-state index contributed by atoms with van der Waals surface area (Å²) in [7, 11) is 0. The molecule has 37 heavy (non-hydrogen) atoms. The van der Waals surface area contributed by atoms with Gasteiger partial charge in [0, 0.05) is 30.8 Å². The normalized spacial score (nSPS) is 29.1. The van der Waals surface area contributed by atoms with E-state index in [1.807, 2.05) is 0 Å². The molecule has 1 aromatic heterocycles. The molecular formula is C27H36F3NO6. The number of rotatable bonds is 2. The minimum atomic E-state index is -4.63. The van der Waals surface area contributed by atoms with Crippen molar-refractivity contribution in [3.8, 4) is 0 Å². The molecule has 5 atom stereocenters. The number of aliphatic hydroxyl groups excluding tert-OH is 2. The summed E-state index contributed by atoms with van der Waals surface area (Å²) in [6.07, 6.45) is -2.99. The fraction of sp³-hybridized carbons (Fsp3) is 0.593. The lowest BCUT2D eigenvalue weighted by Crippen LogP contribution is -2.45. The van der Waals surface area contributed by atoms with E-state index in [9.17, 15) is 33.0 Å². The van der Waals surface area contributed by atoms with Gasteiger partial charge in [-0.3, -0.25) is 9.59 Å². The summed E-state index contributed by atoms with van der Waals surface area (Å²) in [5, 5.41) is 21.4. The number of aromatic nitrogens is 1. The van der Waals surface area contributed by atoms with Crippen LogP contribution in [0.25, 0.3) is 6.08 Å². The molecule has 0 bridgehead atoms. The van der Waals surface area contributed by atoms with Crippen molar-refractivity contribution in [2.75, 3.05) is 0 Å². The number of esters is 1. The third-order valence-electron chi connectivity index (χ3n) is 6.81. The summed E-state index contributed by atoms with van der Waals surface area (Å²) >= 11 is 0. The van der Waals surface area contributed by atoms with Crippen LogP contribution in [0.3, 0.4) is 0 Å². The van der Waals surface area contributed by atoms with Crippen molar-refractivity contribution in [2.24, 2.45) is 17.3 Å². The maximum absolute atomic E-state index is 13.7. The zero-order chi connectivity index (χ0) is 28.1. The lowest BCUT2D eigenvalue weighted by molar-refractivity contribution is -0.154. The van der Waals surface area contributed by atoms with Gasteiger partial charge in [-0.15, -0.1) is 0 Å². The number of hydrogen-bond acceptors (Lipinski definition) is 7. The number of carbonyl (C=O) groups is 2. The SMILES string of the molecule is CC(=Cc1coc(C)n1)[C@@H]1CC=C(C(F)(F)F)CC=C[C@H](C)[C@H](O)[C@@H](C)C(=O)C(C)(C)[C@@H](O)CC(=O)O1.